The van der Waals surface area contributed by atoms with Crippen LogP contribution in [0.15, 0.2) is 47.3 Å². The summed E-state index contributed by atoms with van der Waals surface area (Å²) in [5.74, 6) is -0.00575. The van der Waals surface area contributed by atoms with Crippen LogP contribution in [-0.4, -0.2) is 53.5 Å². The number of amides is 1. The minimum Gasteiger partial charge on any atom is -0.472 e. The fourth-order valence-electron chi connectivity index (χ4n) is 2.77. The Labute approximate surface area is 140 Å². The monoisotopic (exact) mass is 334 g/mol. The summed E-state index contributed by atoms with van der Waals surface area (Å²) in [4.78, 5) is 16.2. The summed E-state index contributed by atoms with van der Waals surface area (Å²) in [7, 11) is 0. The third-order valence-corrected chi connectivity index (χ3v) is 4.33. The molecule has 5 nitrogen and oxygen atoms in total. The number of nitrogens with zero attached hydrogens (tertiary/aromatic N) is 2. The molecule has 1 aliphatic rings. The van der Waals surface area contributed by atoms with Gasteiger partial charge in [0.15, 0.2) is 0 Å². The highest BCUT2D eigenvalue weighted by Gasteiger charge is 2.24. The normalized spacial score (nSPS) is 17.2. The average molecular weight is 335 g/mol. The minimum atomic E-state index is -0.579. The Kier molecular flexibility index (Phi) is 5.00. The van der Waals surface area contributed by atoms with Gasteiger partial charge in [-0.05, 0) is 23.8 Å². The number of aliphatic hydroxyl groups is 1. The van der Waals surface area contributed by atoms with Crippen molar-refractivity contribution in [3.63, 3.8) is 0 Å². The van der Waals surface area contributed by atoms with Crippen molar-refractivity contribution in [3.05, 3.63) is 59.0 Å². The van der Waals surface area contributed by atoms with E-state index in [1.165, 1.54) is 12.5 Å². The van der Waals surface area contributed by atoms with Crippen molar-refractivity contribution in [2.45, 2.75) is 6.10 Å². The van der Waals surface area contributed by atoms with Gasteiger partial charge in [0.25, 0.3) is 5.91 Å². The zero-order valence-corrected chi connectivity index (χ0v) is 13.4. The van der Waals surface area contributed by atoms with Crippen LogP contribution in [-0.2, 0) is 0 Å². The number of piperazine rings is 1. The topological polar surface area (TPSA) is 56.9 Å². The number of β-amino-alcohol motifs (C(OH)–C–C–N with tert-alkyl or cyclic N) is 1. The van der Waals surface area contributed by atoms with Crippen molar-refractivity contribution in [1.82, 2.24) is 9.80 Å². The zero-order chi connectivity index (χ0) is 16.2. The highest BCUT2D eigenvalue weighted by Crippen LogP contribution is 2.19. The van der Waals surface area contributed by atoms with Crippen molar-refractivity contribution in [3.8, 4) is 0 Å². The van der Waals surface area contributed by atoms with Crippen LogP contribution in [0.5, 0.6) is 0 Å². The zero-order valence-electron chi connectivity index (χ0n) is 12.7. The smallest absolute Gasteiger partial charge is 0.257 e. The van der Waals surface area contributed by atoms with E-state index >= 15 is 0 Å². The second-order valence-corrected chi connectivity index (χ2v) is 6.11. The number of hydrogen-bond acceptors (Lipinski definition) is 4. The Morgan fingerprint density at radius 3 is 2.70 bits per heavy atom. The molecule has 2 aromatic rings. The van der Waals surface area contributed by atoms with E-state index in [2.05, 4.69) is 4.90 Å². The number of furan rings is 1. The summed E-state index contributed by atoms with van der Waals surface area (Å²) in [6.07, 6.45) is 2.40. The van der Waals surface area contributed by atoms with E-state index in [1.54, 1.807) is 18.2 Å². The van der Waals surface area contributed by atoms with Crippen LogP contribution < -0.4 is 0 Å². The van der Waals surface area contributed by atoms with Gasteiger partial charge in [-0.15, -0.1) is 0 Å². The molecule has 3 rings (SSSR count). The van der Waals surface area contributed by atoms with E-state index < -0.39 is 6.10 Å². The van der Waals surface area contributed by atoms with Crippen molar-refractivity contribution < 1.29 is 14.3 Å². The Morgan fingerprint density at radius 1 is 1.26 bits per heavy atom. The van der Waals surface area contributed by atoms with Gasteiger partial charge < -0.3 is 14.4 Å². The number of carbonyl (C=O) groups is 1. The summed E-state index contributed by atoms with van der Waals surface area (Å²) < 4.78 is 4.96. The predicted octanol–water partition coefficient (Wildman–Crippen LogP) is 2.42. The number of carbonyl (C=O) groups excluding carboxylic acids is 1. The third kappa shape index (κ3) is 3.93. The maximum atomic E-state index is 12.2. The first-order valence-corrected chi connectivity index (χ1v) is 7.98. The van der Waals surface area contributed by atoms with Crippen LogP contribution in [0.3, 0.4) is 0 Å². The van der Waals surface area contributed by atoms with E-state index in [-0.39, 0.29) is 5.91 Å². The van der Waals surface area contributed by atoms with Crippen LogP contribution in [0.4, 0.5) is 0 Å². The Hall–Kier alpha value is -1.82. The molecule has 1 saturated heterocycles. The number of hydrogen-bond donors (Lipinski definition) is 1. The van der Waals surface area contributed by atoms with Crippen LogP contribution in [0, 0.1) is 0 Å². The molecule has 1 N–H and O–H groups in total. The number of benzene rings is 1. The van der Waals surface area contributed by atoms with Crippen LogP contribution >= 0.6 is 11.6 Å². The molecule has 2 heterocycles. The van der Waals surface area contributed by atoms with Crippen LogP contribution in [0.2, 0.25) is 5.02 Å². The highest BCUT2D eigenvalue weighted by atomic mass is 35.5. The second-order valence-electron chi connectivity index (χ2n) is 5.68. The lowest BCUT2D eigenvalue weighted by atomic mass is 10.1. The van der Waals surface area contributed by atoms with Gasteiger partial charge in [-0.1, -0.05) is 23.7 Å². The van der Waals surface area contributed by atoms with Gasteiger partial charge in [-0.25, -0.2) is 0 Å². The second kappa shape index (κ2) is 7.17. The third-order valence-electron chi connectivity index (χ3n) is 4.09. The van der Waals surface area contributed by atoms with Crippen LogP contribution in [0.25, 0.3) is 0 Å². The lowest BCUT2D eigenvalue weighted by Crippen LogP contribution is -2.49. The van der Waals surface area contributed by atoms with Gasteiger partial charge >= 0.3 is 0 Å². The molecule has 1 aromatic heterocycles. The summed E-state index contributed by atoms with van der Waals surface area (Å²) in [5.41, 5.74) is 1.40. The maximum Gasteiger partial charge on any atom is 0.257 e. The van der Waals surface area contributed by atoms with Gasteiger partial charge in [0, 0.05) is 37.7 Å². The molecular formula is C17H19ClN2O3. The van der Waals surface area contributed by atoms with Gasteiger partial charge in [-0.2, -0.15) is 0 Å². The molecule has 1 aromatic carbocycles. The molecule has 1 fully saturated rings. The molecule has 1 amide bonds. The van der Waals surface area contributed by atoms with E-state index in [0.29, 0.717) is 30.2 Å². The van der Waals surface area contributed by atoms with E-state index in [4.69, 9.17) is 16.0 Å². The van der Waals surface area contributed by atoms with Gasteiger partial charge in [0.2, 0.25) is 0 Å². The average Bonchev–Trinajstić information content (AvgIpc) is 3.09. The molecule has 1 unspecified atom stereocenters. The number of halogens is 1. The van der Waals surface area contributed by atoms with Crippen LogP contribution in [0.1, 0.15) is 22.0 Å². The number of aliphatic hydroxyl groups excluding tert-OH is 1. The molecule has 0 radical (unpaired) electrons. The Morgan fingerprint density at radius 2 is 2.04 bits per heavy atom. The van der Waals surface area contributed by atoms with Gasteiger partial charge in [-0.3, -0.25) is 9.69 Å². The molecule has 0 saturated carbocycles. The largest absolute Gasteiger partial charge is 0.472 e. The fraction of sp³-hybridized carbons (Fsp3) is 0.353. The number of rotatable bonds is 4. The quantitative estimate of drug-likeness (QED) is 0.933. The minimum absolute atomic E-state index is 0.00575. The fourth-order valence-corrected chi connectivity index (χ4v) is 2.96. The lowest BCUT2D eigenvalue weighted by Gasteiger charge is -2.35. The van der Waals surface area contributed by atoms with E-state index in [1.807, 2.05) is 17.0 Å². The standard InChI is InChI=1S/C17H19ClN2O3/c18-15-3-1-2-13(10-15)16(21)11-19-5-7-20(8-6-19)17(22)14-4-9-23-12-14/h1-4,9-10,12,16,21H,5-8,11H2. The van der Waals surface area contributed by atoms with Gasteiger partial charge in [0.1, 0.15) is 6.26 Å². The highest BCUT2D eigenvalue weighted by molar-refractivity contribution is 6.30. The van der Waals surface area contributed by atoms with Crippen molar-refractivity contribution in [2.24, 2.45) is 0 Å². The molecule has 0 bridgehead atoms. The van der Waals surface area contributed by atoms with E-state index in [0.717, 1.165) is 18.7 Å². The Balaban J connectivity index is 1.52. The summed E-state index contributed by atoms with van der Waals surface area (Å²) >= 11 is 5.96. The molecule has 6 heteroatoms. The Bertz CT molecular complexity index is 652. The summed E-state index contributed by atoms with van der Waals surface area (Å²) in [6, 6.07) is 8.96. The predicted molar refractivity (Wildman–Crippen MR) is 87.5 cm³/mol. The first kappa shape index (κ1) is 16.1. The van der Waals surface area contributed by atoms with Crippen molar-refractivity contribution >= 4 is 17.5 Å². The molecule has 0 spiro atoms. The first-order valence-electron chi connectivity index (χ1n) is 7.61. The molecule has 1 aliphatic heterocycles. The molecule has 122 valence electrons. The van der Waals surface area contributed by atoms with Gasteiger partial charge in [0.05, 0.1) is 17.9 Å². The SMILES string of the molecule is O=C(c1ccoc1)N1CCN(CC(O)c2cccc(Cl)c2)CC1. The first-order chi connectivity index (χ1) is 11.1. The molecule has 23 heavy (non-hydrogen) atoms. The maximum absolute atomic E-state index is 12.2. The van der Waals surface area contributed by atoms with Crippen molar-refractivity contribution in [1.29, 1.82) is 0 Å². The van der Waals surface area contributed by atoms with Crippen molar-refractivity contribution in [2.75, 3.05) is 32.7 Å². The van der Waals surface area contributed by atoms with E-state index in [9.17, 15) is 9.90 Å². The molecular weight excluding hydrogens is 316 g/mol. The molecule has 1 atom stereocenters. The lowest BCUT2D eigenvalue weighted by molar-refractivity contribution is 0.0527. The summed E-state index contributed by atoms with van der Waals surface area (Å²) in [6.45, 7) is 3.30. The molecule has 0 aliphatic carbocycles. The summed E-state index contributed by atoms with van der Waals surface area (Å²) in [5, 5.41) is 11.0.